The standard InChI is InChI=1S/C8H7NO4/c10-6-1-3-7(4-2-6)13-5-8(11)9-12/h1-4,10H,5H2. The van der Waals surface area contributed by atoms with Gasteiger partial charge in [0.25, 0.3) is 0 Å². The number of hydrogen-bond donors (Lipinski definition) is 1. The van der Waals surface area contributed by atoms with Gasteiger partial charge in [-0.25, -0.2) is 0 Å². The molecule has 0 bridgehead atoms. The molecular formula is C8H7NO4. The Morgan fingerprint density at radius 2 is 2.00 bits per heavy atom. The number of ether oxygens (including phenoxy) is 1. The average Bonchev–Trinajstić information content (AvgIpc) is 2.16. The van der Waals surface area contributed by atoms with E-state index < -0.39 is 5.91 Å². The van der Waals surface area contributed by atoms with Crippen molar-refractivity contribution in [2.75, 3.05) is 6.61 Å². The van der Waals surface area contributed by atoms with Crippen LogP contribution >= 0.6 is 0 Å². The Kier molecular flexibility index (Phi) is 2.97. The third kappa shape index (κ3) is 2.90. The Labute approximate surface area is 73.9 Å². The zero-order chi connectivity index (χ0) is 9.68. The molecule has 68 valence electrons. The average molecular weight is 181 g/mol. The van der Waals surface area contributed by atoms with Crippen molar-refractivity contribution in [3.05, 3.63) is 29.2 Å². The maximum absolute atomic E-state index is 10.4. The van der Waals surface area contributed by atoms with E-state index in [0.717, 1.165) is 0 Å². The first-order valence-electron chi connectivity index (χ1n) is 3.50. The monoisotopic (exact) mass is 181 g/mol. The molecule has 1 N–H and O–H groups in total. The van der Waals surface area contributed by atoms with Gasteiger partial charge in [-0.05, 0) is 24.3 Å². The van der Waals surface area contributed by atoms with Crippen molar-refractivity contribution in [3.63, 3.8) is 0 Å². The van der Waals surface area contributed by atoms with E-state index >= 15 is 0 Å². The van der Waals surface area contributed by atoms with Gasteiger partial charge in [-0.2, -0.15) is 0 Å². The maximum atomic E-state index is 10.4. The third-order valence-electron chi connectivity index (χ3n) is 1.30. The fraction of sp³-hybridized carbons (Fsp3) is 0.125. The second kappa shape index (κ2) is 4.20. The molecule has 13 heavy (non-hydrogen) atoms. The van der Waals surface area contributed by atoms with Crippen LogP contribution in [0.5, 0.6) is 11.5 Å². The minimum absolute atomic E-state index is 0.104. The van der Waals surface area contributed by atoms with Crippen LogP contribution < -0.4 is 4.74 Å². The summed E-state index contributed by atoms with van der Waals surface area (Å²) < 4.78 is 4.86. The lowest BCUT2D eigenvalue weighted by molar-refractivity contribution is -0.119. The molecule has 0 saturated carbocycles. The fourth-order valence-electron chi connectivity index (χ4n) is 0.714. The van der Waals surface area contributed by atoms with Crippen LogP contribution in [0.1, 0.15) is 0 Å². The number of carbonyl (C=O) groups is 1. The molecule has 0 aliphatic carbocycles. The molecule has 5 heteroatoms. The summed E-state index contributed by atoms with van der Waals surface area (Å²) >= 11 is 0. The van der Waals surface area contributed by atoms with Crippen LogP contribution in [-0.4, -0.2) is 17.6 Å². The maximum Gasteiger partial charge on any atom is 0.323 e. The third-order valence-corrected chi connectivity index (χ3v) is 1.30. The van der Waals surface area contributed by atoms with Crippen LogP contribution in [0.15, 0.2) is 29.4 Å². The van der Waals surface area contributed by atoms with Crippen LogP contribution in [0.25, 0.3) is 0 Å². The SMILES string of the molecule is O=NC(=O)COc1ccc(O)cc1. The van der Waals surface area contributed by atoms with E-state index in [4.69, 9.17) is 9.84 Å². The molecule has 0 aliphatic heterocycles. The highest BCUT2D eigenvalue weighted by molar-refractivity contribution is 5.78. The van der Waals surface area contributed by atoms with Crippen molar-refractivity contribution < 1.29 is 14.6 Å². The number of nitroso groups, excluding NO2 is 1. The van der Waals surface area contributed by atoms with Crippen molar-refractivity contribution >= 4 is 5.91 Å². The fourth-order valence-corrected chi connectivity index (χ4v) is 0.714. The van der Waals surface area contributed by atoms with Gasteiger partial charge in [-0.1, -0.05) is 0 Å². The molecule has 0 aliphatic rings. The van der Waals surface area contributed by atoms with Gasteiger partial charge in [0.2, 0.25) is 0 Å². The van der Waals surface area contributed by atoms with Crippen LogP contribution in [0, 0.1) is 4.91 Å². The van der Waals surface area contributed by atoms with Crippen LogP contribution in [0.4, 0.5) is 0 Å². The van der Waals surface area contributed by atoms with Crippen molar-refractivity contribution in [1.29, 1.82) is 0 Å². The molecule has 5 nitrogen and oxygen atoms in total. The van der Waals surface area contributed by atoms with Crippen molar-refractivity contribution in [3.8, 4) is 11.5 Å². The van der Waals surface area contributed by atoms with Gasteiger partial charge in [0.05, 0.1) is 0 Å². The first kappa shape index (κ1) is 9.18. The van der Waals surface area contributed by atoms with Crippen molar-refractivity contribution in [1.82, 2.24) is 0 Å². The summed E-state index contributed by atoms with van der Waals surface area (Å²) in [5, 5.41) is 11.0. The molecule has 0 unspecified atom stereocenters. The van der Waals surface area contributed by atoms with Gasteiger partial charge in [0.1, 0.15) is 11.5 Å². The summed E-state index contributed by atoms with van der Waals surface area (Å²) in [5.41, 5.74) is 0. The van der Waals surface area contributed by atoms with E-state index in [0.29, 0.717) is 5.75 Å². The number of rotatable bonds is 3. The second-order valence-electron chi connectivity index (χ2n) is 2.27. The van der Waals surface area contributed by atoms with Crippen molar-refractivity contribution in [2.24, 2.45) is 5.18 Å². The molecule has 0 fully saturated rings. The number of amides is 1. The van der Waals surface area contributed by atoms with Crippen molar-refractivity contribution in [2.45, 2.75) is 0 Å². The molecule has 0 aromatic heterocycles. The van der Waals surface area contributed by atoms with E-state index in [1.54, 1.807) is 0 Å². The summed E-state index contributed by atoms with van der Waals surface area (Å²) in [4.78, 5) is 20.1. The Bertz CT molecular complexity index is 306. The lowest BCUT2D eigenvalue weighted by Crippen LogP contribution is -2.07. The summed E-state index contributed by atoms with van der Waals surface area (Å²) in [6.45, 7) is -0.381. The normalized spacial score (nSPS) is 9.23. The Hall–Kier alpha value is -1.91. The second-order valence-corrected chi connectivity index (χ2v) is 2.27. The molecule has 1 aromatic rings. The number of nitrogens with zero attached hydrogens (tertiary/aromatic N) is 1. The number of phenols is 1. The number of phenolic OH excluding ortho intramolecular Hbond substituents is 1. The molecule has 0 atom stereocenters. The molecule has 1 aromatic carbocycles. The first-order valence-corrected chi connectivity index (χ1v) is 3.50. The molecular weight excluding hydrogens is 174 g/mol. The molecule has 0 spiro atoms. The number of hydrogen-bond acceptors (Lipinski definition) is 4. The van der Waals surface area contributed by atoms with E-state index in [9.17, 15) is 9.70 Å². The minimum atomic E-state index is -0.868. The van der Waals surface area contributed by atoms with Gasteiger partial charge in [0.15, 0.2) is 6.61 Å². The topological polar surface area (TPSA) is 76.0 Å². The highest BCUT2D eigenvalue weighted by atomic mass is 16.5. The van der Waals surface area contributed by atoms with E-state index in [1.165, 1.54) is 24.3 Å². The van der Waals surface area contributed by atoms with Gasteiger partial charge >= 0.3 is 5.91 Å². The Morgan fingerprint density at radius 1 is 1.38 bits per heavy atom. The lowest BCUT2D eigenvalue weighted by Gasteiger charge is -2.01. The van der Waals surface area contributed by atoms with E-state index in [1.807, 2.05) is 0 Å². The predicted molar refractivity (Wildman–Crippen MR) is 44.4 cm³/mol. The van der Waals surface area contributed by atoms with Gasteiger partial charge < -0.3 is 9.84 Å². The highest BCUT2D eigenvalue weighted by Gasteiger charge is 2.01. The summed E-state index contributed by atoms with van der Waals surface area (Å²) in [6, 6.07) is 5.78. The Balaban J connectivity index is 2.50. The highest BCUT2D eigenvalue weighted by Crippen LogP contribution is 2.15. The smallest absolute Gasteiger partial charge is 0.323 e. The predicted octanol–water partition coefficient (Wildman–Crippen LogP) is 1.06. The van der Waals surface area contributed by atoms with E-state index in [2.05, 4.69) is 5.18 Å². The number of carbonyl (C=O) groups excluding carboxylic acids is 1. The summed E-state index contributed by atoms with van der Waals surface area (Å²) in [6.07, 6.45) is 0. The summed E-state index contributed by atoms with van der Waals surface area (Å²) in [5.74, 6) is -0.366. The molecule has 0 saturated heterocycles. The molecule has 0 heterocycles. The number of benzene rings is 1. The molecule has 0 radical (unpaired) electrons. The largest absolute Gasteiger partial charge is 0.508 e. The van der Waals surface area contributed by atoms with Gasteiger partial charge in [-0.15, -0.1) is 4.91 Å². The zero-order valence-electron chi connectivity index (χ0n) is 6.64. The van der Waals surface area contributed by atoms with Gasteiger partial charge in [0, 0.05) is 5.18 Å². The number of aromatic hydroxyl groups is 1. The molecule has 1 rings (SSSR count). The summed E-state index contributed by atoms with van der Waals surface area (Å²) in [7, 11) is 0. The van der Waals surface area contributed by atoms with Gasteiger partial charge in [-0.3, -0.25) is 4.79 Å². The van der Waals surface area contributed by atoms with Crippen LogP contribution in [0.3, 0.4) is 0 Å². The Morgan fingerprint density at radius 3 is 2.54 bits per heavy atom. The molecule has 1 amide bonds. The zero-order valence-corrected chi connectivity index (χ0v) is 6.64. The van der Waals surface area contributed by atoms with E-state index in [-0.39, 0.29) is 12.4 Å². The first-order chi connectivity index (χ1) is 6.22. The van der Waals surface area contributed by atoms with Crippen LogP contribution in [-0.2, 0) is 4.79 Å². The lowest BCUT2D eigenvalue weighted by atomic mass is 10.3. The van der Waals surface area contributed by atoms with Crippen LogP contribution in [0.2, 0.25) is 0 Å². The quantitative estimate of drug-likeness (QED) is 0.707. The minimum Gasteiger partial charge on any atom is -0.508 e.